The second-order valence-electron chi connectivity index (χ2n) is 5.83. The first-order chi connectivity index (χ1) is 13.3. The number of hydrogen-bond acceptors (Lipinski definition) is 3. The van der Waals surface area contributed by atoms with Gasteiger partial charge in [0.25, 0.3) is 10.2 Å². The fraction of sp³-hybridized carbons (Fsp3) is 0. The fourth-order valence-corrected chi connectivity index (χ4v) is 3.80. The Morgan fingerprint density at radius 3 is 2.00 bits per heavy atom. The van der Waals surface area contributed by atoms with Crippen molar-refractivity contribution in [1.29, 1.82) is 0 Å². The molecule has 0 atom stereocenters. The molecule has 2 amide bonds. The van der Waals surface area contributed by atoms with E-state index < -0.39 is 16.2 Å². The van der Waals surface area contributed by atoms with E-state index in [-0.39, 0.29) is 5.69 Å². The largest absolute Gasteiger partial charge is 0.351 e. The summed E-state index contributed by atoms with van der Waals surface area (Å²) in [4.78, 5) is 13.7. The molecule has 0 aliphatic rings. The summed E-state index contributed by atoms with van der Waals surface area (Å²) in [5.41, 5.74) is 8.17. The lowest BCUT2D eigenvalue weighted by Gasteiger charge is -2.25. The molecule has 9 heteroatoms. The van der Waals surface area contributed by atoms with E-state index >= 15 is 0 Å². The monoisotopic (exact) mass is 460 g/mol. The van der Waals surface area contributed by atoms with Crippen molar-refractivity contribution in [3.63, 3.8) is 0 Å². The van der Waals surface area contributed by atoms with E-state index in [9.17, 15) is 13.2 Å². The number of hydrogen-bond donors (Lipinski definition) is 3. The van der Waals surface area contributed by atoms with Crippen molar-refractivity contribution < 1.29 is 13.2 Å². The average Bonchev–Trinajstić information content (AvgIpc) is 2.63. The first kappa shape index (κ1) is 19.9. The van der Waals surface area contributed by atoms with Gasteiger partial charge in [-0.25, -0.2) is 9.93 Å². The predicted octanol–water partition coefficient (Wildman–Crippen LogP) is 3.95. The molecule has 0 aromatic heterocycles. The number of halogens is 1. The topological polar surface area (TPSA) is 119 Å². The predicted molar refractivity (Wildman–Crippen MR) is 114 cm³/mol. The molecule has 0 spiro atoms. The number of primary amides is 1. The SMILES string of the molecule is NC(=O)N(c1ccccc1Br)c1ccccc1-c1ccccc1NS(N)(=O)=O. The number of nitrogens with one attached hydrogen (secondary N) is 1. The molecule has 0 aliphatic carbocycles. The minimum absolute atomic E-state index is 0.286. The van der Waals surface area contributed by atoms with E-state index in [2.05, 4.69) is 20.7 Å². The Morgan fingerprint density at radius 1 is 0.857 bits per heavy atom. The number of urea groups is 1. The van der Waals surface area contributed by atoms with Crippen molar-refractivity contribution in [2.24, 2.45) is 10.9 Å². The Hall–Kier alpha value is -2.88. The number of carbonyl (C=O) groups excluding carboxylic acids is 1. The number of para-hydroxylation sites is 3. The quantitative estimate of drug-likeness (QED) is 0.534. The molecule has 0 bridgehead atoms. The van der Waals surface area contributed by atoms with Crippen LogP contribution < -0.4 is 20.5 Å². The lowest BCUT2D eigenvalue weighted by molar-refractivity contribution is 0.256. The zero-order valence-corrected chi connectivity index (χ0v) is 16.9. The Bertz CT molecular complexity index is 1140. The van der Waals surface area contributed by atoms with Crippen LogP contribution in [-0.2, 0) is 10.2 Å². The van der Waals surface area contributed by atoms with Gasteiger partial charge in [-0.2, -0.15) is 8.42 Å². The Labute approximate surface area is 171 Å². The van der Waals surface area contributed by atoms with Crippen LogP contribution in [0.2, 0.25) is 0 Å². The molecule has 28 heavy (non-hydrogen) atoms. The Balaban J connectivity index is 2.23. The second kappa shape index (κ2) is 8.01. The van der Waals surface area contributed by atoms with Gasteiger partial charge in [-0.05, 0) is 40.2 Å². The van der Waals surface area contributed by atoms with E-state index in [4.69, 9.17) is 10.9 Å². The van der Waals surface area contributed by atoms with Crippen molar-refractivity contribution >= 4 is 49.2 Å². The molecule has 0 aliphatic heterocycles. The summed E-state index contributed by atoms with van der Waals surface area (Å²) in [5, 5.41) is 5.14. The van der Waals surface area contributed by atoms with Gasteiger partial charge in [0.1, 0.15) is 0 Å². The molecule has 0 heterocycles. The maximum absolute atomic E-state index is 12.3. The van der Waals surface area contributed by atoms with Gasteiger partial charge in [0.15, 0.2) is 0 Å². The standard InChI is InChI=1S/C19H17BrN4O3S/c20-15-9-3-6-12-18(15)24(19(21)25)17-11-5-2-8-14(17)13-7-1-4-10-16(13)23-28(22,26)27/h1-12,23H,(H2,21,25)(H2,22,26,27). The van der Waals surface area contributed by atoms with Crippen molar-refractivity contribution in [2.75, 3.05) is 9.62 Å². The second-order valence-corrected chi connectivity index (χ2v) is 7.98. The van der Waals surface area contributed by atoms with Gasteiger partial charge in [-0.3, -0.25) is 9.62 Å². The normalized spacial score (nSPS) is 11.1. The Kier molecular flexibility index (Phi) is 5.68. The van der Waals surface area contributed by atoms with Crippen LogP contribution >= 0.6 is 15.9 Å². The number of anilines is 3. The number of benzene rings is 3. The molecule has 0 fully saturated rings. The van der Waals surface area contributed by atoms with Crippen molar-refractivity contribution in [1.82, 2.24) is 0 Å². The van der Waals surface area contributed by atoms with E-state index in [0.717, 1.165) is 0 Å². The van der Waals surface area contributed by atoms with Gasteiger partial charge in [0.2, 0.25) is 0 Å². The molecule has 5 N–H and O–H groups in total. The molecule has 0 radical (unpaired) electrons. The molecular weight excluding hydrogens is 444 g/mol. The van der Waals surface area contributed by atoms with Crippen molar-refractivity contribution in [3.8, 4) is 11.1 Å². The molecule has 3 rings (SSSR count). The third-order valence-corrected chi connectivity index (χ3v) is 5.10. The summed E-state index contributed by atoms with van der Waals surface area (Å²) < 4.78 is 26.1. The van der Waals surface area contributed by atoms with Gasteiger partial charge >= 0.3 is 6.03 Å². The number of amides is 2. The minimum atomic E-state index is -3.98. The highest BCUT2D eigenvalue weighted by Crippen LogP contribution is 2.40. The third-order valence-electron chi connectivity index (χ3n) is 3.93. The van der Waals surface area contributed by atoms with Gasteiger partial charge in [-0.15, -0.1) is 0 Å². The smallest absolute Gasteiger partial charge is 0.323 e. The van der Waals surface area contributed by atoms with Crippen LogP contribution in [0.3, 0.4) is 0 Å². The maximum Gasteiger partial charge on any atom is 0.323 e. The molecular formula is C19H17BrN4O3S. The highest BCUT2D eigenvalue weighted by molar-refractivity contribution is 9.10. The van der Waals surface area contributed by atoms with Gasteiger partial charge in [0, 0.05) is 15.6 Å². The summed E-state index contributed by atoms with van der Waals surface area (Å²) in [5.74, 6) is 0. The van der Waals surface area contributed by atoms with Gasteiger partial charge < -0.3 is 5.73 Å². The Morgan fingerprint density at radius 2 is 1.39 bits per heavy atom. The van der Waals surface area contributed by atoms with E-state index in [1.807, 2.05) is 6.07 Å². The highest BCUT2D eigenvalue weighted by atomic mass is 79.9. The van der Waals surface area contributed by atoms with Crippen LogP contribution in [0.25, 0.3) is 11.1 Å². The van der Waals surface area contributed by atoms with E-state index in [0.29, 0.717) is 27.0 Å². The average molecular weight is 461 g/mol. The summed E-state index contributed by atoms with van der Waals surface area (Å²) in [6, 6.07) is 20.3. The highest BCUT2D eigenvalue weighted by Gasteiger charge is 2.22. The summed E-state index contributed by atoms with van der Waals surface area (Å²) in [6.45, 7) is 0. The van der Waals surface area contributed by atoms with Crippen LogP contribution in [0.1, 0.15) is 0 Å². The van der Waals surface area contributed by atoms with Crippen LogP contribution in [0, 0.1) is 0 Å². The maximum atomic E-state index is 12.3. The molecule has 3 aromatic carbocycles. The molecule has 0 saturated heterocycles. The van der Waals surface area contributed by atoms with E-state index in [1.165, 1.54) is 4.90 Å². The summed E-state index contributed by atoms with van der Waals surface area (Å²) in [6.07, 6.45) is 0. The van der Waals surface area contributed by atoms with E-state index in [1.54, 1.807) is 66.7 Å². The zero-order chi connectivity index (χ0) is 20.3. The van der Waals surface area contributed by atoms with Crippen LogP contribution in [-0.4, -0.2) is 14.4 Å². The lowest BCUT2D eigenvalue weighted by atomic mass is 10.0. The minimum Gasteiger partial charge on any atom is -0.351 e. The fourth-order valence-electron chi connectivity index (χ4n) is 2.86. The third kappa shape index (κ3) is 4.33. The number of nitrogens with zero attached hydrogens (tertiary/aromatic N) is 1. The van der Waals surface area contributed by atoms with Gasteiger partial charge in [0.05, 0.1) is 17.1 Å². The van der Waals surface area contributed by atoms with Crippen LogP contribution in [0.4, 0.5) is 21.9 Å². The molecule has 144 valence electrons. The number of nitrogens with two attached hydrogens (primary N) is 2. The van der Waals surface area contributed by atoms with Crippen molar-refractivity contribution in [2.45, 2.75) is 0 Å². The number of carbonyl (C=O) groups is 1. The summed E-state index contributed by atoms with van der Waals surface area (Å²) >= 11 is 3.44. The van der Waals surface area contributed by atoms with Gasteiger partial charge in [-0.1, -0.05) is 48.5 Å². The molecule has 0 saturated carbocycles. The van der Waals surface area contributed by atoms with Crippen molar-refractivity contribution in [3.05, 3.63) is 77.3 Å². The first-order valence-electron chi connectivity index (χ1n) is 8.11. The number of rotatable bonds is 5. The molecule has 0 unspecified atom stereocenters. The summed E-state index contributed by atoms with van der Waals surface area (Å²) in [7, 11) is -3.98. The molecule has 3 aromatic rings. The van der Waals surface area contributed by atoms with Crippen LogP contribution in [0.5, 0.6) is 0 Å². The lowest BCUT2D eigenvalue weighted by Crippen LogP contribution is -2.32. The first-order valence-corrected chi connectivity index (χ1v) is 10.4. The zero-order valence-electron chi connectivity index (χ0n) is 14.5. The molecule has 7 nitrogen and oxygen atoms in total. The van der Waals surface area contributed by atoms with Crippen LogP contribution in [0.15, 0.2) is 77.3 Å².